The van der Waals surface area contributed by atoms with Crippen molar-refractivity contribution in [2.45, 2.75) is 32.2 Å². The lowest BCUT2D eigenvalue weighted by molar-refractivity contribution is -0.126. The van der Waals surface area contributed by atoms with Gasteiger partial charge in [0.1, 0.15) is 12.4 Å². The van der Waals surface area contributed by atoms with E-state index in [1.807, 2.05) is 24.3 Å². The summed E-state index contributed by atoms with van der Waals surface area (Å²) >= 11 is 0. The van der Waals surface area contributed by atoms with Crippen molar-refractivity contribution in [3.05, 3.63) is 53.9 Å². The predicted octanol–water partition coefficient (Wildman–Crippen LogP) is 2.71. The number of nitrogens with one attached hydrogen (secondary N) is 1. The van der Waals surface area contributed by atoms with Gasteiger partial charge < -0.3 is 14.6 Å². The molecule has 1 aromatic carbocycles. The molecule has 1 aliphatic heterocycles. The highest BCUT2D eigenvalue weighted by Gasteiger charge is 2.26. The third-order valence-corrected chi connectivity index (χ3v) is 4.52. The number of amides is 1. The van der Waals surface area contributed by atoms with Crippen molar-refractivity contribution in [3.63, 3.8) is 0 Å². The zero-order valence-corrected chi connectivity index (χ0v) is 13.8. The molecule has 4 heteroatoms. The second-order valence-electron chi connectivity index (χ2n) is 6.38. The predicted molar refractivity (Wildman–Crippen MR) is 90.5 cm³/mol. The minimum Gasteiger partial charge on any atom is -0.492 e. The number of rotatable bonds is 5. The molecule has 3 rings (SSSR count). The van der Waals surface area contributed by atoms with Crippen LogP contribution in [-0.2, 0) is 24.7 Å². The average molecular weight is 312 g/mol. The summed E-state index contributed by atoms with van der Waals surface area (Å²) in [6.45, 7) is 2.53. The summed E-state index contributed by atoms with van der Waals surface area (Å²) < 4.78 is 7.83. The van der Waals surface area contributed by atoms with Crippen molar-refractivity contribution in [3.8, 4) is 5.75 Å². The van der Waals surface area contributed by atoms with Crippen LogP contribution in [0.2, 0.25) is 0 Å². The van der Waals surface area contributed by atoms with Crippen LogP contribution >= 0.6 is 0 Å². The molecule has 0 saturated carbocycles. The number of hydrogen-bond donors (Lipinski definition) is 1. The van der Waals surface area contributed by atoms with Crippen LogP contribution in [0.5, 0.6) is 5.75 Å². The van der Waals surface area contributed by atoms with E-state index < -0.39 is 0 Å². The number of aromatic nitrogens is 1. The molecule has 1 amide bonds. The number of para-hydroxylation sites is 1. The van der Waals surface area contributed by atoms with Crippen LogP contribution < -0.4 is 10.1 Å². The molecule has 1 N–H and O–H groups in total. The van der Waals surface area contributed by atoms with E-state index in [1.54, 1.807) is 0 Å². The highest BCUT2D eigenvalue weighted by Crippen LogP contribution is 2.26. The summed E-state index contributed by atoms with van der Waals surface area (Å²) in [4.78, 5) is 12.5. The van der Waals surface area contributed by atoms with Crippen molar-refractivity contribution in [2.75, 3.05) is 6.61 Å². The van der Waals surface area contributed by atoms with Gasteiger partial charge in [-0.15, -0.1) is 0 Å². The maximum absolute atomic E-state index is 12.5. The van der Waals surface area contributed by atoms with Crippen molar-refractivity contribution < 1.29 is 9.53 Å². The fourth-order valence-electron chi connectivity index (χ4n) is 3.05. The van der Waals surface area contributed by atoms with Gasteiger partial charge in [0.25, 0.3) is 0 Å². The van der Waals surface area contributed by atoms with E-state index in [0.717, 1.165) is 30.6 Å². The molecule has 23 heavy (non-hydrogen) atoms. The Balaban J connectivity index is 1.50. The second kappa shape index (κ2) is 6.90. The third kappa shape index (κ3) is 3.76. The summed E-state index contributed by atoms with van der Waals surface area (Å²) in [6, 6.07) is 12.3. The maximum atomic E-state index is 12.5. The van der Waals surface area contributed by atoms with Gasteiger partial charge in [0.05, 0.1) is 5.92 Å². The number of ether oxygens (including phenoxy) is 1. The fourth-order valence-corrected chi connectivity index (χ4v) is 3.05. The van der Waals surface area contributed by atoms with E-state index in [9.17, 15) is 4.79 Å². The molecule has 0 fully saturated rings. The molecule has 2 heterocycles. The first-order chi connectivity index (χ1) is 11.1. The molecule has 0 aliphatic carbocycles. The lowest BCUT2D eigenvalue weighted by Crippen LogP contribution is -2.41. The number of nitrogens with zero attached hydrogens (tertiary/aromatic N) is 1. The monoisotopic (exact) mass is 312 g/mol. The molecule has 2 unspecified atom stereocenters. The summed E-state index contributed by atoms with van der Waals surface area (Å²) in [5.74, 6) is 0.912. The summed E-state index contributed by atoms with van der Waals surface area (Å²) in [5.41, 5.74) is 2.41. The minimum absolute atomic E-state index is 0.0950. The van der Waals surface area contributed by atoms with Gasteiger partial charge in [-0.3, -0.25) is 4.79 Å². The van der Waals surface area contributed by atoms with Crippen LogP contribution in [0.4, 0.5) is 0 Å². The quantitative estimate of drug-likeness (QED) is 0.922. The number of carbonyl (C=O) groups is 1. The molecule has 0 radical (unpaired) electrons. The zero-order valence-electron chi connectivity index (χ0n) is 13.8. The Morgan fingerprint density at radius 3 is 2.96 bits per heavy atom. The molecule has 0 bridgehead atoms. The average Bonchev–Trinajstić information content (AvgIpc) is 2.97. The van der Waals surface area contributed by atoms with E-state index in [0.29, 0.717) is 6.61 Å². The molecule has 0 saturated heterocycles. The summed E-state index contributed by atoms with van der Waals surface area (Å²) in [7, 11) is 2.05. The standard InChI is InChI=1S/C19H24N2O2/c1-14(9-10-17-7-5-11-21(17)2)20-19(22)16-12-15-6-3-4-8-18(15)23-13-16/h3-8,11,14,16H,9-10,12-13H2,1-2H3,(H,20,22). The van der Waals surface area contributed by atoms with Crippen LogP contribution in [0.3, 0.4) is 0 Å². The van der Waals surface area contributed by atoms with E-state index in [2.05, 4.69) is 42.2 Å². The van der Waals surface area contributed by atoms with Crippen LogP contribution in [0.15, 0.2) is 42.6 Å². The van der Waals surface area contributed by atoms with Gasteiger partial charge in [0.2, 0.25) is 5.91 Å². The smallest absolute Gasteiger partial charge is 0.227 e. The van der Waals surface area contributed by atoms with Crippen molar-refractivity contribution in [1.29, 1.82) is 0 Å². The molecular weight excluding hydrogens is 288 g/mol. The normalized spacial score (nSPS) is 17.9. The van der Waals surface area contributed by atoms with Gasteiger partial charge in [0, 0.05) is 25.0 Å². The number of aryl methyl sites for hydroxylation is 2. The minimum atomic E-state index is -0.0950. The van der Waals surface area contributed by atoms with E-state index >= 15 is 0 Å². The first kappa shape index (κ1) is 15.7. The van der Waals surface area contributed by atoms with E-state index in [1.165, 1.54) is 5.69 Å². The Kier molecular flexibility index (Phi) is 4.70. The highest BCUT2D eigenvalue weighted by atomic mass is 16.5. The lowest BCUT2D eigenvalue weighted by atomic mass is 9.95. The van der Waals surface area contributed by atoms with Gasteiger partial charge in [0.15, 0.2) is 0 Å². The summed E-state index contributed by atoms with van der Waals surface area (Å²) in [6.07, 6.45) is 4.71. The first-order valence-corrected chi connectivity index (χ1v) is 8.25. The van der Waals surface area contributed by atoms with Crippen LogP contribution in [0, 0.1) is 5.92 Å². The van der Waals surface area contributed by atoms with E-state index in [-0.39, 0.29) is 17.9 Å². The van der Waals surface area contributed by atoms with E-state index in [4.69, 9.17) is 4.74 Å². The van der Waals surface area contributed by atoms with Crippen LogP contribution in [-0.4, -0.2) is 23.1 Å². The van der Waals surface area contributed by atoms with Crippen LogP contribution in [0.1, 0.15) is 24.6 Å². The third-order valence-electron chi connectivity index (χ3n) is 4.52. The molecule has 2 aromatic rings. The number of hydrogen-bond acceptors (Lipinski definition) is 2. The Bertz CT molecular complexity index is 678. The summed E-state index contributed by atoms with van der Waals surface area (Å²) in [5, 5.41) is 3.13. The molecule has 1 aromatic heterocycles. The van der Waals surface area contributed by atoms with Gasteiger partial charge >= 0.3 is 0 Å². The van der Waals surface area contributed by atoms with Crippen molar-refractivity contribution in [1.82, 2.24) is 9.88 Å². The Morgan fingerprint density at radius 1 is 1.35 bits per heavy atom. The molecule has 122 valence electrons. The van der Waals surface area contributed by atoms with Gasteiger partial charge in [-0.05, 0) is 49.9 Å². The Morgan fingerprint density at radius 2 is 2.17 bits per heavy atom. The zero-order chi connectivity index (χ0) is 16.2. The molecule has 1 aliphatic rings. The highest BCUT2D eigenvalue weighted by molar-refractivity contribution is 5.79. The Labute approximate surface area is 137 Å². The van der Waals surface area contributed by atoms with Crippen molar-refractivity contribution in [2.24, 2.45) is 13.0 Å². The first-order valence-electron chi connectivity index (χ1n) is 8.25. The van der Waals surface area contributed by atoms with Gasteiger partial charge in [-0.2, -0.15) is 0 Å². The molecule has 0 spiro atoms. The number of carbonyl (C=O) groups excluding carboxylic acids is 1. The van der Waals surface area contributed by atoms with Gasteiger partial charge in [-0.1, -0.05) is 18.2 Å². The fraction of sp³-hybridized carbons (Fsp3) is 0.421. The lowest BCUT2D eigenvalue weighted by Gasteiger charge is -2.26. The van der Waals surface area contributed by atoms with Crippen molar-refractivity contribution >= 4 is 5.91 Å². The molecule has 4 nitrogen and oxygen atoms in total. The number of benzene rings is 1. The molecular formula is C19H24N2O2. The topological polar surface area (TPSA) is 43.3 Å². The maximum Gasteiger partial charge on any atom is 0.227 e. The SMILES string of the molecule is CC(CCc1cccn1C)NC(=O)C1COc2ccccc2C1. The second-order valence-corrected chi connectivity index (χ2v) is 6.38. The van der Waals surface area contributed by atoms with Gasteiger partial charge in [-0.25, -0.2) is 0 Å². The number of fused-ring (bicyclic) bond motifs is 1. The Hall–Kier alpha value is -2.23. The van der Waals surface area contributed by atoms with Crippen LogP contribution in [0.25, 0.3) is 0 Å². The largest absolute Gasteiger partial charge is 0.492 e. The molecule has 2 atom stereocenters.